The highest BCUT2D eigenvalue weighted by molar-refractivity contribution is 5.94. The van der Waals surface area contributed by atoms with Crippen molar-refractivity contribution in [3.63, 3.8) is 0 Å². The number of unbranched alkanes of at least 4 members (excludes halogenated alkanes) is 2. The highest BCUT2D eigenvalue weighted by atomic mass is 16.5. The molecule has 0 atom stereocenters. The van der Waals surface area contributed by atoms with Crippen molar-refractivity contribution >= 4 is 11.9 Å². The van der Waals surface area contributed by atoms with Gasteiger partial charge in [0.05, 0.1) is 13.7 Å². The molecule has 24 heavy (non-hydrogen) atoms. The summed E-state index contributed by atoms with van der Waals surface area (Å²) in [5.74, 6) is -0.261. The zero-order valence-corrected chi connectivity index (χ0v) is 13.9. The van der Waals surface area contributed by atoms with E-state index in [1.165, 1.54) is 7.11 Å². The molecule has 0 fully saturated rings. The van der Waals surface area contributed by atoms with Crippen LogP contribution in [0.15, 0.2) is 42.7 Å². The molecule has 1 N–H and O–H groups in total. The van der Waals surface area contributed by atoms with Crippen LogP contribution in [0, 0.1) is 0 Å². The van der Waals surface area contributed by atoms with Gasteiger partial charge in [0.2, 0.25) is 0 Å². The minimum absolute atomic E-state index is 0.0754. The molecule has 0 aliphatic carbocycles. The van der Waals surface area contributed by atoms with Crippen molar-refractivity contribution in [2.75, 3.05) is 13.7 Å². The second kappa shape index (κ2) is 9.50. The Hall–Kier alpha value is -2.63. The Kier molecular flexibility index (Phi) is 7.01. The molecule has 0 aliphatic rings. The van der Waals surface area contributed by atoms with Crippen LogP contribution in [0.5, 0.6) is 0 Å². The van der Waals surface area contributed by atoms with Crippen molar-refractivity contribution in [3.05, 3.63) is 53.9 Å². The number of amides is 1. The summed E-state index contributed by atoms with van der Waals surface area (Å²) in [5.41, 5.74) is 1.74. The quantitative estimate of drug-likeness (QED) is 0.566. The molecule has 1 aromatic heterocycles. The molecule has 0 bridgehead atoms. The molecule has 0 unspecified atom stereocenters. The van der Waals surface area contributed by atoms with Gasteiger partial charge in [0.25, 0.3) is 5.91 Å². The Labute approximate surface area is 141 Å². The number of ether oxygens (including phenoxy) is 1. The Bertz CT molecular complexity index is 636. The largest absolute Gasteiger partial charge is 0.469 e. The van der Waals surface area contributed by atoms with Crippen LogP contribution in [-0.4, -0.2) is 35.3 Å². The Morgan fingerprint density at radius 3 is 2.62 bits per heavy atom. The van der Waals surface area contributed by atoms with E-state index in [2.05, 4.69) is 15.2 Å². The van der Waals surface area contributed by atoms with Gasteiger partial charge in [-0.05, 0) is 36.6 Å². The summed E-state index contributed by atoms with van der Waals surface area (Å²) in [6.45, 7) is 1.30. The van der Waals surface area contributed by atoms with Crippen LogP contribution >= 0.6 is 0 Å². The smallest absolute Gasteiger partial charge is 0.305 e. The molecule has 1 heterocycles. The topological polar surface area (TPSA) is 73.2 Å². The summed E-state index contributed by atoms with van der Waals surface area (Å²) in [6.07, 6.45) is 6.60. The number of carbonyl (C=O) groups is 2. The second-order valence-corrected chi connectivity index (χ2v) is 5.54. The number of esters is 1. The van der Waals surface area contributed by atoms with Crippen molar-refractivity contribution < 1.29 is 14.3 Å². The van der Waals surface area contributed by atoms with Gasteiger partial charge >= 0.3 is 5.97 Å². The van der Waals surface area contributed by atoms with E-state index >= 15 is 0 Å². The number of benzene rings is 1. The minimum Gasteiger partial charge on any atom is -0.469 e. The summed E-state index contributed by atoms with van der Waals surface area (Å²) in [6, 6.07) is 9.41. The van der Waals surface area contributed by atoms with E-state index in [0.29, 0.717) is 25.1 Å². The number of rotatable bonds is 9. The monoisotopic (exact) mass is 329 g/mol. The van der Waals surface area contributed by atoms with E-state index in [4.69, 9.17) is 0 Å². The predicted octanol–water partition coefficient (Wildman–Crippen LogP) is 2.39. The van der Waals surface area contributed by atoms with E-state index in [1.807, 2.05) is 41.2 Å². The lowest BCUT2D eigenvalue weighted by Gasteiger charge is -2.07. The van der Waals surface area contributed by atoms with E-state index in [-0.39, 0.29) is 11.9 Å². The first-order valence-electron chi connectivity index (χ1n) is 8.10. The maximum absolute atomic E-state index is 12.1. The van der Waals surface area contributed by atoms with Crippen LogP contribution in [0.3, 0.4) is 0 Å². The summed E-state index contributed by atoms with van der Waals surface area (Å²) in [7, 11) is 1.39. The maximum Gasteiger partial charge on any atom is 0.305 e. The van der Waals surface area contributed by atoms with Crippen LogP contribution in [0.2, 0.25) is 0 Å². The standard InChI is InChI=1S/C18H23N3O3/c1-24-17(22)6-3-2-4-11-19-18(23)16-9-7-15(8-10-16)14-21-13-5-12-20-21/h5,7-10,12-13H,2-4,6,11,14H2,1H3,(H,19,23). The molecule has 0 aliphatic heterocycles. The zero-order valence-electron chi connectivity index (χ0n) is 13.9. The normalized spacial score (nSPS) is 10.4. The average Bonchev–Trinajstić information content (AvgIpc) is 3.11. The van der Waals surface area contributed by atoms with Crippen LogP contribution in [0.25, 0.3) is 0 Å². The molecular weight excluding hydrogens is 306 g/mol. The lowest BCUT2D eigenvalue weighted by atomic mass is 10.1. The predicted molar refractivity (Wildman–Crippen MR) is 90.6 cm³/mol. The average molecular weight is 329 g/mol. The molecule has 0 saturated carbocycles. The van der Waals surface area contributed by atoms with E-state index in [1.54, 1.807) is 6.20 Å². The molecule has 1 amide bonds. The molecule has 128 valence electrons. The van der Waals surface area contributed by atoms with E-state index in [0.717, 1.165) is 24.8 Å². The third kappa shape index (κ3) is 5.87. The summed E-state index contributed by atoms with van der Waals surface area (Å²) < 4.78 is 6.42. The summed E-state index contributed by atoms with van der Waals surface area (Å²) >= 11 is 0. The van der Waals surface area contributed by atoms with Gasteiger partial charge in [0.1, 0.15) is 0 Å². The van der Waals surface area contributed by atoms with Crippen molar-refractivity contribution in [1.29, 1.82) is 0 Å². The van der Waals surface area contributed by atoms with Crippen LogP contribution in [-0.2, 0) is 16.1 Å². The molecular formula is C18H23N3O3. The number of nitrogens with one attached hydrogen (secondary N) is 1. The van der Waals surface area contributed by atoms with Crippen molar-refractivity contribution in [3.8, 4) is 0 Å². The lowest BCUT2D eigenvalue weighted by Crippen LogP contribution is -2.24. The third-order valence-electron chi connectivity index (χ3n) is 3.69. The van der Waals surface area contributed by atoms with Gasteiger partial charge in [0, 0.05) is 30.9 Å². The fraction of sp³-hybridized carbons (Fsp3) is 0.389. The number of hydrogen-bond acceptors (Lipinski definition) is 4. The Balaban J connectivity index is 1.68. The minimum atomic E-state index is -0.186. The molecule has 6 nitrogen and oxygen atoms in total. The van der Waals surface area contributed by atoms with Crippen LogP contribution in [0.4, 0.5) is 0 Å². The second-order valence-electron chi connectivity index (χ2n) is 5.54. The van der Waals surface area contributed by atoms with Gasteiger partial charge in [-0.15, -0.1) is 0 Å². The first kappa shape index (κ1) is 17.7. The molecule has 2 aromatic rings. The van der Waals surface area contributed by atoms with Crippen molar-refractivity contribution in [2.24, 2.45) is 0 Å². The van der Waals surface area contributed by atoms with Crippen LogP contribution in [0.1, 0.15) is 41.6 Å². The fourth-order valence-corrected chi connectivity index (χ4v) is 2.32. The number of hydrogen-bond donors (Lipinski definition) is 1. The molecule has 0 spiro atoms. The van der Waals surface area contributed by atoms with Gasteiger partial charge in [-0.3, -0.25) is 14.3 Å². The van der Waals surface area contributed by atoms with E-state index < -0.39 is 0 Å². The lowest BCUT2D eigenvalue weighted by molar-refractivity contribution is -0.140. The highest BCUT2D eigenvalue weighted by Crippen LogP contribution is 2.06. The van der Waals surface area contributed by atoms with E-state index in [9.17, 15) is 9.59 Å². The Morgan fingerprint density at radius 1 is 1.17 bits per heavy atom. The van der Waals surface area contributed by atoms with Gasteiger partial charge < -0.3 is 10.1 Å². The first-order valence-corrected chi connectivity index (χ1v) is 8.10. The summed E-state index contributed by atoms with van der Waals surface area (Å²) in [4.78, 5) is 23.0. The van der Waals surface area contributed by atoms with Gasteiger partial charge in [-0.2, -0.15) is 5.10 Å². The van der Waals surface area contributed by atoms with Gasteiger partial charge in [-0.25, -0.2) is 0 Å². The maximum atomic E-state index is 12.1. The molecule has 6 heteroatoms. The van der Waals surface area contributed by atoms with Gasteiger partial charge in [-0.1, -0.05) is 18.6 Å². The molecule has 0 radical (unpaired) electrons. The van der Waals surface area contributed by atoms with Crippen molar-refractivity contribution in [1.82, 2.24) is 15.1 Å². The number of methoxy groups -OCH3 is 1. The first-order chi connectivity index (χ1) is 11.7. The van der Waals surface area contributed by atoms with Crippen LogP contribution < -0.4 is 5.32 Å². The molecule has 1 aromatic carbocycles. The number of nitrogens with zero attached hydrogens (tertiary/aromatic N) is 2. The van der Waals surface area contributed by atoms with Gasteiger partial charge in [0.15, 0.2) is 0 Å². The SMILES string of the molecule is COC(=O)CCCCCNC(=O)c1ccc(Cn2cccn2)cc1. The summed E-state index contributed by atoms with van der Waals surface area (Å²) in [5, 5.41) is 7.05. The number of aromatic nitrogens is 2. The highest BCUT2D eigenvalue weighted by Gasteiger charge is 2.05. The fourth-order valence-electron chi connectivity index (χ4n) is 2.32. The molecule has 2 rings (SSSR count). The zero-order chi connectivity index (χ0) is 17.2. The van der Waals surface area contributed by atoms with Crippen molar-refractivity contribution in [2.45, 2.75) is 32.2 Å². The third-order valence-corrected chi connectivity index (χ3v) is 3.69. The number of carbonyl (C=O) groups excluding carboxylic acids is 2. The Morgan fingerprint density at radius 2 is 1.96 bits per heavy atom. The molecule has 0 saturated heterocycles.